The lowest BCUT2D eigenvalue weighted by Crippen LogP contribution is -2.45. The highest BCUT2D eigenvalue weighted by atomic mass is 28.4. The summed E-state index contributed by atoms with van der Waals surface area (Å²) in [5.41, 5.74) is 1.09. The van der Waals surface area contributed by atoms with Crippen LogP contribution in [0.3, 0.4) is 0 Å². The summed E-state index contributed by atoms with van der Waals surface area (Å²) < 4.78 is 20.6. The van der Waals surface area contributed by atoms with Crippen molar-refractivity contribution in [1.82, 2.24) is 0 Å². The Morgan fingerprint density at radius 1 is 1.15 bits per heavy atom. The third-order valence-corrected chi connectivity index (χ3v) is 4.91. The highest BCUT2D eigenvalue weighted by molar-refractivity contribution is 6.69. The van der Waals surface area contributed by atoms with E-state index in [0.29, 0.717) is 5.56 Å². The molecule has 0 atom stereocenters. The van der Waals surface area contributed by atoms with Crippen LogP contribution in [0.4, 0.5) is 4.39 Å². The van der Waals surface area contributed by atoms with Gasteiger partial charge in [-0.3, -0.25) is 0 Å². The molecule has 1 aromatic rings. The highest BCUT2D eigenvalue weighted by Gasteiger charge is 2.40. The van der Waals surface area contributed by atoms with E-state index in [4.69, 9.17) is 4.43 Å². The molecule has 0 saturated heterocycles. The van der Waals surface area contributed by atoms with Crippen molar-refractivity contribution in [1.29, 1.82) is 0 Å². The molecule has 0 bridgehead atoms. The Labute approximate surface area is 123 Å². The fourth-order valence-corrected chi connectivity index (χ4v) is 4.63. The minimum Gasteiger partial charge on any atom is -0.408 e. The van der Waals surface area contributed by atoms with Crippen LogP contribution in [0.15, 0.2) is 30.8 Å². The van der Waals surface area contributed by atoms with E-state index < -0.39 is 8.32 Å². The fourth-order valence-electron chi connectivity index (χ4n) is 3.13. The number of rotatable bonds is 4. The van der Waals surface area contributed by atoms with E-state index in [1.165, 1.54) is 12.5 Å². The summed E-state index contributed by atoms with van der Waals surface area (Å²) in [6.07, 6.45) is 5.44. The fraction of sp³-hybridized carbons (Fsp3) is 0.529. The standard InChI is InChI=1S/C17H25FOSi/c1-14(15-10-6-7-11-16(15)18)17(19-20(2,3)4)12-8-5-9-13-17/h6-7,10-11H,1,5,8-9,12-13H2,2-4H3. The van der Waals surface area contributed by atoms with Crippen molar-refractivity contribution >= 4 is 13.9 Å². The maximum absolute atomic E-state index is 14.1. The molecule has 0 spiro atoms. The molecular formula is C17H25FOSi. The van der Waals surface area contributed by atoms with E-state index in [2.05, 4.69) is 26.2 Å². The maximum atomic E-state index is 14.1. The van der Waals surface area contributed by atoms with Gasteiger partial charge in [0.2, 0.25) is 0 Å². The summed E-state index contributed by atoms with van der Waals surface area (Å²) in [4.78, 5) is 0. The molecule has 110 valence electrons. The predicted octanol–water partition coefficient (Wildman–Crippen LogP) is 5.39. The van der Waals surface area contributed by atoms with Gasteiger partial charge in [0.05, 0.1) is 5.60 Å². The van der Waals surface area contributed by atoms with Crippen molar-refractivity contribution in [2.45, 2.75) is 57.3 Å². The average molecular weight is 292 g/mol. The molecule has 0 amide bonds. The Morgan fingerprint density at radius 2 is 1.75 bits per heavy atom. The first-order valence-corrected chi connectivity index (χ1v) is 10.9. The molecule has 2 rings (SSSR count). The van der Waals surface area contributed by atoms with Crippen LogP contribution in [0.2, 0.25) is 19.6 Å². The topological polar surface area (TPSA) is 9.23 Å². The van der Waals surface area contributed by atoms with E-state index in [1.54, 1.807) is 6.07 Å². The Balaban J connectivity index is 2.36. The third-order valence-electron chi connectivity index (χ3n) is 3.91. The molecule has 1 aromatic carbocycles. The van der Waals surface area contributed by atoms with E-state index in [0.717, 1.165) is 31.3 Å². The van der Waals surface area contributed by atoms with Crippen LogP contribution in [0.1, 0.15) is 37.7 Å². The van der Waals surface area contributed by atoms with Crippen molar-refractivity contribution in [2.75, 3.05) is 0 Å². The van der Waals surface area contributed by atoms with Gasteiger partial charge in [0, 0.05) is 5.56 Å². The zero-order valence-electron chi connectivity index (χ0n) is 12.8. The van der Waals surface area contributed by atoms with Crippen molar-refractivity contribution in [3.8, 4) is 0 Å². The molecule has 1 fully saturated rings. The highest BCUT2D eigenvalue weighted by Crippen LogP contribution is 2.43. The summed E-state index contributed by atoms with van der Waals surface area (Å²) >= 11 is 0. The molecule has 0 unspecified atom stereocenters. The average Bonchev–Trinajstić information content (AvgIpc) is 2.37. The summed E-state index contributed by atoms with van der Waals surface area (Å²) in [5.74, 6) is -0.193. The Bertz CT molecular complexity index is 484. The zero-order chi connectivity index (χ0) is 14.8. The second kappa shape index (κ2) is 5.82. The van der Waals surface area contributed by atoms with Crippen molar-refractivity contribution in [3.63, 3.8) is 0 Å². The Morgan fingerprint density at radius 3 is 2.30 bits per heavy atom. The zero-order valence-corrected chi connectivity index (χ0v) is 13.8. The van der Waals surface area contributed by atoms with Gasteiger partial charge in [-0.15, -0.1) is 0 Å². The maximum Gasteiger partial charge on any atom is 0.184 e. The molecule has 1 aliphatic rings. The van der Waals surface area contributed by atoms with Crippen LogP contribution >= 0.6 is 0 Å². The van der Waals surface area contributed by atoms with Crippen molar-refractivity contribution in [2.24, 2.45) is 0 Å². The minimum absolute atomic E-state index is 0.193. The largest absolute Gasteiger partial charge is 0.408 e. The summed E-state index contributed by atoms with van der Waals surface area (Å²) in [5, 5.41) is 0. The van der Waals surface area contributed by atoms with Crippen LogP contribution in [-0.4, -0.2) is 13.9 Å². The third kappa shape index (κ3) is 3.39. The van der Waals surface area contributed by atoms with Crippen LogP contribution in [0, 0.1) is 5.82 Å². The first kappa shape index (κ1) is 15.5. The smallest absolute Gasteiger partial charge is 0.184 e. The predicted molar refractivity (Wildman–Crippen MR) is 85.7 cm³/mol. The van der Waals surface area contributed by atoms with Crippen LogP contribution in [0.25, 0.3) is 5.57 Å². The van der Waals surface area contributed by atoms with Gasteiger partial charge in [0.15, 0.2) is 8.32 Å². The van der Waals surface area contributed by atoms with Gasteiger partial charge in [-0.05, 0) is 44.1 Å². The van der Waals surface area contributed by atoms with Gasteiger partial charge < -0.3 is 4.43 Å². The summed E-state index contributed by atoms with van der Waals surface area (Å²) in [6, 6.07) is 6.92. The summed E-state index contributed by atoms with van der Waals surface area (Å²) in [6.45, 7) is 10.8. The molecule has 20 heavy (non-hydrogen) atoms. The van der Waals surface area contributed by atoms with Crippen LogP contribution in [0.5, 0.6) is 0 Å². The van der Waals surface area contributed by atoms with Gasteiger partial charge in [0.1, 0.15) is 5.82 Å². The Kier molecular flexibility index (Phi) is 4.50. The molecule has 0 aromatic heterocycles. The molecule has 0 aliphatic heterocycles. The Hall–Kier alpha value is -0.933. The van der Waals surface area contributed by atoms with Gasteiger partial charge in [-0.1, -0.05) is 44.0 Å². The molecule has 0 heterocycles. The number of hydrogen-bond donors (Lipinski definition) is 0. The second-order valence-electron chi connectivity index (χ2n) is 6.73. The SMILES string of the molecule is C=C(c1ccccc1F)C1(O[Si](C)(C)C)CCCCC1. The minimum atomic E-state index is -1.71. The second-order valence-corrected chi connectivity index (χ2v) is 11.2. The monoisotopic (exact) mass is 292 g/mol. The van der Waals surface area contributed by atoms with Gasteiger partial charge in [-0.2, -0.15) is 0 Å². The normalized spacial score (nSPS) is 18.8. The molecule has 3 heteroatoms. The number of hydrogen-bond acceptors (Lipinski definition) is 1. The molecule has 1 nitrogen and oxygen atoms in total. The van der Waals surface area contributed by atoms with E-state index in [9.17, 15) is 4.39 Å². The van der Waals surface area contributed by atoms with Gasteiger partial charge >= 0.3 is 0 Å². The molecule has 0 N–H and O–H groups in total. The van der Waals surface area contributed by atoms with E-state index >= 15 is 0 Å². The lowest BCUT2D eigenvalue weighted by molar-refractivity contribution is 0.0799. The first-order chi connectivity index (χ1) is 9.34. The molecular weight excluding hydrogens is 267 g/mol. The van der Waals surface area contributed by atoms with Crippen molar-refractivity contribution in [3.05, 3.63) is 42.2 Å². The quantitative estimate of drug-likeness (QED) is 0.676. The van der Waals surface area contributed by atoms with E-state index in [-0.39, 0.29) is 11.4 Å². The van der Waals surface area contributed by atoms with Gasteiger partial charge in [-0.25, -0.2) is 4.39 Å². The number of benzene rings is 1. The van der Waals surface area contributed by atoms with Gasteiger partial charge in [0.25, 0.3) is 0 Å². The van der Waals surface area contributed by atoms with Crippen LogP contribution < -0.4 is 0 Å². The molecule has 0 radical (unpaired) electrons. The summed E-state index contributed by atoms with van der Waals surface area (Å²) in [7, 11) is -1.71. The molecule has 1 aliphatic carbocycles. The van der Waals surface area contributed by atoms with E-state index in [1.807, 2.05) is 12.1 Å². The first-order valence-electron chi connectivity index (χ1n) is 7.49. The van der Waals surface area contributed by atoms with Crippen molar-refractivity contribution < 1.29 is 8.82 Å². The number of halogens is 1. The van der Waals surface area contributed by atoms with Crippen LogP contribution in [-0.2, 0) is 4.43 Å². The lowest BCUT2D eigenvalue weighted by Gasteiger charge is -2.43. The lowest BCUT2D eigenvalue weighted by atomic mass is 9.77. The molecule has 1 saturated carbocycles.